The van der Waals surface area contributed by atoms with Gasteiger partial charge in [-0.2, -0.15) is 0 Å². The summed E-state index contributed by atoms with van der Waals surface area (Å²) in [7, 11) is 3.31. The maximum atomic E-state index is 12.2. The van der Waals surface area contributed by atoms with Gasteiger partial charge in [0.05, 0.1) is 20.3 Å². The van der Waals surface area contributed by atoms with Crippen LogP contribution >= 0.6 is 12.4 Å². The molecule has 1 aliphatic rings. The van der Waals surface area contributed by atoms with Gasteiger partial charge in [-0.1, -0.05) is 20.3 Å². The van der Waals surface area contributed by atoms with Crippen LogP contribution in [0.4, 0.5) is 0 Å². The fourth-order valence-electron chi connectivity index (χ4n) is 3.12. The molecule has 1 fully saturated rings. The number of carbonyl (C=O) groups excluding carboxylic acids is 1. The van der Waals surface area contributed by atoms with E-state index in [0.29, 0.717) is 0 Å². The summed E-state index contributed by atoms with van der Waals surface area (Å²) < 4.78 is 10.7. The Kier molecular flexibility index (Phi) is 9.19. The van der Waals surface area contributed by atoms with Gasteiger partial charge in [0.25, 0.3) is 0 Å². The van der Waals surface area contributed by atoms with E-state index in [4.69, 9.17) is 15.2 Å². The number of hydrogen-bond acceptors (Lipinski definition) is 5. The molecule has 0 spiro atoms. The predicted molar refractivity (Wildman–Crippen MR) is 106 cm³/mol. The number of benzene rings is 1. The molecule has 1 saturated heterocycles. The largest absolute Gasteiger partial charge is 0.497 e. The van der Waals surface area contributed by atoms with E-state index in [-0.39, 0.29) is 30.3 Å². The number of likely N-dealkylation sites (tertiary alicyclic amines) is 1. The number of nitrogens with two attached hydrogens (primary N) is 1. The zero-order chi connectivity index (χ0) is 18.4. The van der Waals surface area contributed by atoms with Crippen LogP contribution in [0.5, 0.6) is 11.5 Å². The van der Waals surface area contributed by atoms with E-state index in [2.05, 4.69) is 17.1 Å². The topological polar surface area (TPSA) is 76.8 Å². The van der Waals surface area contributed by atoms with Crippen molar-refractivity contribution in [1.29, 1.82) is 0 Å². The minimum atomic E-state index is -0.429. The summed E-state index contributed by atoms with van der Waals surface area (Å²) >= 11 is 0. The molecule has 0 aliphatic carbocycles. The maximum Gasteiger partial charge on any atom is 0.237 e. The standard InChI is InChI=1S/C19H31N3O3.ClH/c1-5-13(2)18(20)19(23)21-15-6-7-22(12-15)11-14-8-16(24-3)10-17(9-14)25-4;/h8-10,13,15,18H,5-7,11-12,20H2,1-4H3,(H,21,23);1H. The SMILES string of the molecule is CCC(C)C(N)C(=O)NC1CCN(Cc2cc(OC)cc(OC)c2)C1.Cl. The third-order valence-corrected chi connectivity index (χ3v) is 5.00. The number of halogens is 1. The Bertz CT molecular complexity index is 563. The highest BCUT2D eigenvalue weighted by molar-refractivity contribution is 5.85. The molecule has 2 rings (SSSR count). The van der Waals surface area contributed by atoms with Crippen molar-refractivity contribution >= 4 is 18.3 Å². The molecule has 0 saturated carbocycles. The first kappa shape index (κ1) is 22.5. The lowest BCUT2D eigenvalue weighted by Crippen LogP contribution is -2.48. The van der Waals surface area contributed by atoms with Crippen LogP contribution in [-0.2, 0) is 11.3 Å². The Morgan fingerprint density at radius 2 is 1.92 bits per heavy atom. The summed E-state index contributed by atoms with van der Waals surface area (Å²) in [6.07, 6.45) is 1.85. The maximum absolute atomic E-state index is 12.2. The molecule has 3 N–H and O–H groups in total. The van der Waals surface area contributed by atoms with E-state index in [9.17, 15) is 4.79 Å². The molecule has 148 valence electrons. The second-order valence-corrected chi connectivity index (χ2v) is 6.86. The van der Waals surface area contributed by atoms with E-state index in [1.54, 1.807) is 14.2 Å². The monoisotopic (exact) mass is 385 g/mol. The Hall–Kier alpha value is -1.50. The molecule has 0 bridgehead atoms. The second kappa shape index (κ2) is 10.6. The Morgan fingerprint density at radius 3 is 2.46 bits per heavy atom. The van der Waals surface area contributed by atoms with E-state index in [0.717, 1.165) is 49.5 Å². The number of amides is 1. The molecule has 1 aliphatic heterocycles. The van der Waals surface area contributed by atoms with Gasteiger partial charge in [0.2, 0.25) is 5.91 Å². The molecule has 0 aromatic heterocycles. The molecule has 3 unspecified atom stereocenters. The minimum Gasteiger partial charge on any atom is -0.497 e. The van der Waals surface area contributed by atoms with E-state index >= 15 is 0 Å². The van der Waals surface area contributed by atoms with E-state index in [1.165, 1.54) is 0 Å². The summed E-state index contributed by atoms with van der Waals surface area (Å²) in [5.74, 6) is 1.74. The minimum absolute atomic E-state index is 0. The smallest absolute Gasteiger partial charge is 0.237 e. The van der Waals surface area contributed by atoms with Crippen molar-refractivity contribution in [2.75, 3.05) is 27.3 Å². The number of rotatable bonds is 8. The van der Waals surface area contributed by atoms with Crippen molar-refractivity contribution in [3.63, 3.8) is 0 Å². The van der Waals surface area contributed by atoms with Gasteiger partial charge < -0.3 is 20.5 Å². The molecule has 7 heteroatoms. The number of ether oxygens (including phenoxy) is 2. The summed E-state index contributed by atoms with van der Waals surface area (Å²) in [4.78, 5) is 14.6. The summed E-state index contributed by atoms with van der Waals surface area (Å²) in [5, 5.41) is 3.10. The number of methoxy groups -OCH3 is 2. The van der Waals surface area contributed by atoms with Crippen molar-refractivity contribution in [3.05, 3.63) is 23.8 Å². The first-order valence-corrected chi connectivity index (χ1v) is 8.97. The molecule has 1 amide bonds. The number of carbonyl (C=O) groups is 1. The van der Waals surface area contributed by atoms with Crippen LogP contribution in [-0.4, -0.2) is 50.2 Å². The van der Waals surface area contributed by atoms with Gasteiger partial charge in [0.1, 0.15) is 11.5 Å². The van der Waals surface area contributed by atoms with Crippen LogP contribution in [0.3, 0.4) is 0 Å². The van der Waals surface area contributed by atoms with Gasteiger partial charge in [-0.3, -0.25) is 9.69 Å². The van der Waals surface area contributed by atoms with Crippen LogP contribution in [0, 0.1) is 5.92 Å². The summed E-state index contributed by atoms with van der Waals surface area (Å²) in [5.41, 5.74) is 7.16. The van der Waals surface area contributed by atoms with Crippen LogP contribution in [0.15, 0.2) is 18.2 Å². The van der Waals surface area contributed by atoms with Gasteiger partial charge in [-0.05, 0) is 30.0 Å². The van der Waals surface area contributed by atoms with Crippen LogP contribution in [0.2, 0.25) is 0 Å². The van der Waals surface area contributed by atoms with Crippen molar-refractivity contribution in [2.24, 2.45) is 11.7 Å². The first-order chi connectivity index (χ1) is 12.0. The van der Waals surface area contributed by atoms with Crippen molar-refractivity contribution in [3.8, 4) is 11.5 Å². The third kappa shape index (κ3) is 6.04. The molecule has 0 radical (unpaired) electrons. The number of nitrogens with one attached hydrogen (secondary N) is 1. The van der Waals surface area contributed by atoms with Gasteiger partial charge >= 0.3 is 0 Å². The quantitative estimate of drug-likeness (QED) is 0.717. The fourth-order valence-corrected chi connectivity index (χ4v) is 3.12. The summed E-state index contributed by atoms with van der Waals surface area (Å²) in [6, 6.07) is 5.64. The van der Waals surface area contributed by atoms with Crippen molar-refractivity contribution in [1.82, 2.24) is 10.2 Å². The van der Waals surface area contributed by atoms with Gasteiger partial charge in [0.15, 0.2) is 0 Å². The molecule has 1 heterocycles. The van der Waals surface area contributed by atoms with Crippen molar-refractivity contribution < 1.29 is 14.3 Å². The highest BCUT2D eigenvalue weighted by atomic mass is 35.5. The van der Waals surface area contributed by atoms with Gasteiger partial charge in [-0.25, -0.2) is 0 Å². The lowest BCUT2D eigenvalue weighted by atomic mass is 9.99. The number of hydrogen-bond donors (Lipinski definition) is 2. The Labute approximate surface area is 162 Å². The van der Waals surface area contributed by atoms with E-state index < -0.39 is 6.04 Å². The van der Waals surface area contributed by atoms with Crippen LogP contribution < -0.4 is 20.5 Å². The average molecular weight is 386 g/mol. The second-order valence-electron chi connectivity index (χ2n) is 6.86. The van der Waals surface area contributed by atoms with Crippen LogP contribution in [0.25, 0.3) is 0 Å². The fraction of sp³-hybridized carbons (Fsp3) is 0.632. The summed E-state index contributed by atoms with van der Waals surface area (Å²) in [6.45, 7) is 6.65. The molecule has 26 heavy (non-hydrogen) atoms. The zero-order valence-corrected chi connectivity index (χ0v) is 17.0. The van der Waals surface area contributed by atoms with Gasteiger partial charge in [-0.15, -0.1) is 12.4 Å². The predicted octanol–water partition coefficient (Wildman–Crippen LogP) is 2.19. The molecular weight excluding hydrogens is 354 g/mol. The lowest BCUT2D eigenvalue weighted by Gasteiger charge is -2.21. The Morgan fingerprint density at radius 1 is 1.31 bits per heavy atom. The van der Waals surface area contributed by atoms with Crippen molar-refractivity contribution in [2.45, 2.75) is 45.3 Å². The molecule has 1 aromatic carbocycles. The van der Waals surface area contributed by atoms with Crippen LogP contribution in [0.1, 0.15) is 32.3 Å². The molecule has 1 aromatic rings. The highest BCUT2D eigenvalue weighted by Crippen LogP contribution is 2.24. The lowest BCUT2D eigenvalue weighted by molar-refractivity contribution is -0.124. The zero-order valence-electron chi connectivity index (χ0n) is 16.2. The molecule has 6 nitrogen and oxygen atoms in total. The molecular formula is C19H32ClN3O3. The number of nitrogens with zero attached hydrogens (tertiary/aromatic N) is 1. The van der Waals surface area contributed by atoms with E-state index in [1.807, 2.05) is 25.1 Å². The molecule has 3 atom stereocenters. The first-order valence-electron chi connectivity index (χ1n) is 8.97. The normalized spacial score (nSPS) is 19.3. The third-order valence-electron chi connectivity index (χ3n) is 5.00. The Balaban J connectivity index is 0.00000338. The highest BCUT2D eigenvalue weighted by Gasteiger charge is 2.27. The average Bonchev–Trinajstić information content (AvgIpc) is 3.06. The van der Waals surface area contributed by atoms with Gasteiger partial charge in [0, 0.05) is 31.7 Å².